The maximum Gasteiger partial charge on any atom is 0.267 e. The Morgan fingerprint density at radius 3 is 2.63 bits per heavy atom. The van der Waals surface area contributed by atoms with Crippen LogP contribution in [0.1, 0.15) is 28.5 Å². The van der Waals surface area contributed by atoms with Gasteiger partial charge < -0.3 is 5.73 Å². The Balaban J connectivity index is 2.22. The van der Waals surface area contributed by atoms with Crippen LogP contribution in [0, 0.1) is 39.0 Å². The van der Waals surface area contributed by atoms with Crippen molar-refractivity contribution in [3.63, 3.8) is 0 Å². The molecule has 0 radical (unpaired) electrons. The fourth-order valence-corrected chi connectivity index (χ4v) is 5.07. The average molecular weight is 439 g/mol. The van der Waals surface area contributed by atoms with Gasteiger partial charge in [-0.15, -0.1) is 11.3 Å². The zero-order valence-corrected chi connectivity index (χ0v) is 19.1. The summed E-state index contributed by atoms with van der Waals surface area (Å²) in [5.74, 6) is -0.424. The first-order valence-corrected chi connectivity index (χ1v) is 11.1. The standard InChI is InChI=1S/C22H22N4O2S2/c1-11-6-7-12(2)17(8-11)26-21(28)19-13(3)15(5)30-20(19)25-22(26)29-10-18(27)16(9-23)14(4)24/h6-8H,10,24H2,1-5H3. The molecule has 0 aliphatic carbocycles. The predicted octanol–water partition coefficient (Wildman–Crippen LogP) is 4.10. The lowest BCUT2D eigenvalue weighted by atomic mass is 10.1. The first kappa shape index (κ1) is 21.8. The Hall–Kier alpha value is -2.89. The first-order chi connectivity index (χ1) is 14.1. The van der Waals surface area contributed by atoms with Gasteiger partial charge in [-0.3, -0.25) is 14.2 Å². The highest BCUT2D eigenvalue weighted by molar-refractivity contribution is 7.99. The third-order valence-corrected chi connectivity index (χ3v) is 6.93. The van der Waals surface area contributed by atoms with Crippen molar-refractivity contribution in [1.82, 2.24) is 9.55 Å². The van der Waals surface area contributed by atoms with Gasteiger partial charge in [-0.2, -0.15) is 5.26 Å². The van der Waals surface area contributed by atoms with E-state index in [1.165, 1.54) is 18.3 Å². The second-order valence-corrected chi connectivity index (χ2v) is 9.32. The van der Waals surface area contributed by atoms with Crippen LogP contribution in [0.5, 0.6) is 0 Å². The van der Waals surface area contributed by atoms with Gasteiger partial charge >= 0.3 is 0 Å². The van der Waals surface area contributed by atoms with Gasteiger partial charge in [0.15, 0.2) is 10.9 Å². The number of aryl methyl sites for hydroxylation is 4. The summed E-state index contributed by atoms with van der Waals surface area (Å²) >= 11 is 2.60. The molecule has 8 heteroatoms. The number of rotatable bonds is 5. The molecule has 0 aliphatic rings. The average Bonchev–Trinajstić information content (AvgIpc) is 2.96. The van der Waals surface area contributed by atoms with E-state index >= 15 is 0 Å². The van der Waals surface area contributed by atoms with E-state index in [0.717, 1.165) is 39.0 Å². The van der Waals surface area contributed by atoms with Gasteiger partial charge in [-0.1, -0.05) is 23.9 Å². The van der Waals surface area contributed by atoms with Crippen LogP contribution < -0.4 is 11.3 Å². The van der Waals surface area contributed by atoms with Crippen LogP contribution >= 0.6 is 23.1 Å². The molecule has 0 atom stereocenters. The number of ketones is 1. The van der Waals surface area contributed by atoms with E-state index in [1.807, 2.05) is 52.0 Å². The fraction of sp³-hybridized carbons (Fsp3) is 0.273. The number of allylic oxidation sites excluding steroid dienone is 2. The Kier molecular flexibility index (Phi) is 6.15. The van der Waals surface area contributed by atoms with Crippen molar-refractivity contribution in [2.24, 2.45) is 5.73 Å². The molecule has 3 rings (SSSR count). The topological polar surface area (TPSA) is 102 Å². The summed E-state index contributed by atoms with van der Waals surface area (Å²) in [6, 6.07) is 7.74. The molecule has 2 aromatic heterocycles. The smallest absolute Gasteiger partial charge is 0.267 e. The molecule has 154 valence electrons. The van der Waals surface area contributed by atoms with E-state index in [0.29, 0.717) is 15.4 Å². The summed E-state index contributed by atoms with van der Waals surface area (Å²) in [6.07, 6.45) is 0. The molecule has 0 spiro atoms. The van der Waals surface area contributed by atoms with Crippen molar-refractivity contribution < 1.29 is 4.79 Å². The van der Waals surface area contributed by atoms with Gasteiger partial charge in [0.1, 0.15) is 16.5 Å². The van der Waals surface area contributed by atoms with Gasteiger partial charge in [0.05, 0.1) is 16.8 Å². The lowest BCUT2D eigenvalue weighted by Crippen LogP contribution is -2.23. The number of fused-ring (bicyclic) bond motifs is 1. The van der Waals surface area contributed by atoms with Crippen molar-refractivity contribution in [3.8, 4) is 11.8 Å². The summed E-state index contributed by atoms with van der Waals surface area (Å²) in [4.78, 5) is 32.4. The van der Waals surface area contributed by atoms with E-state index < -0.39 is 0 Å². The molecular weight excluding hydrogens is 416 g/mol. The van der Waals surface area contributed by atoms with E-state index in [9.17, 15) is 14.9 Å². The SMILES string of the molecule is CC(N)=C(C#N)C(=O)CSc1nc2sc(C)c(C)c2c(=O)n1-c1cc(C)ccc1C. The molecule has 2 heterocycles. The lowest BCUT2D eigenvalue weighted by molar-refractivity contribution is -0.112. The van der Waals surface area contributed by atoms with Gasteiger partial charge in [-0.05, 0) is 57.4 Å². The molecule has 0 aliphatic heterocycles. The number of aromatic nitrogens is 2. The minimum absolute atomic E-state index is 0.0381. The third kappa shape index (κ3) is 3.91. The number of benzene rings is 1. The fourth-order valence-electron chi connectivity index (χ4n) is 3.12. The van der Waals surface area contributed by atoms with Crippen LogP contribution in [0.4, 0.5) is 0 Å². The molecule has 0 saturated carbocycles. The highest BCUT2D eigenvalue weighted by atomic mass is 32.2. The monoisotopic (exact) mass is 438 g/mol. The quantitative estimate of drug-likeness (QED) is 0.278. The number of Topliss-reactive ketones (excluding diaryl/α,β-unsaturated/α-hetero) is 1. The van der Waals surface area contributed by atoms with E-state index in [4.69, 9.17) is 10.7 Å². The highest BCUT2D eigenvalue weighted by Crippen LogP contribution is 2.30. The second kappa shape index (κ2) is 8.46. The summed E-state index contributed by atoms with van der Waals surface area (Å²) in [6.45, 7) is 9.31. The molecule has 0 bridgehead atoms. The minimum Gasteiger partial charge on any atom is -0.401 e. The zero-order valence-electron chi connectivity index (χ0n) is 17.5. The molecule has 3 aromatic rings. The number of hydrogen-bond acceptors (Lipinski definition) is 7. The van der Waals surface area contributed by atoms with Crippen LogP contribution in [0.15, 0.2) is 39.4 Å². The second-order valence-electron chi connectivity index (χ2n) is 7.17. The number of nitrogens with zero attached hydrogens (tertiary/aromatic N) is 3. The van der Waals surface area contributed by atoms with Crippen LogP contribution in [0.2, 0.25) is 0 Å². The third-order valence-electron chi connectivity index (χ3n) is 4.90. The summed E-state index contributed by atoms with van der Waals surface area (Å²) in [7, 11) is 0. The number of hydrogen-bond donors (Lipinski definition) is 1. The molecule has 1 aromatic carbocycles. The Bertz CT molecular complexity index is 1310. The Morgan fingerprint density at radius 2 is 2.00 bits per heavy atom. The molecule has 30 heavy (non-hydrogen) atoms. The summed E-state index contributed by atoms with van der Waals surface area (Å²) < 4.78 is 1.58. The molecular formula is C22H22N4O2S2. The Labute approximate surface area is 183 Å². The summed E-state index contributed by atoms with van der Waals surface area (Å²) in [5.41, 5.74) is 9.22. The van der Waals surface area contributed by atoms with Crippen molar-refractivity contribution >= 4 is 39.1 Å². The van der Waals surface area contributed by atoms with E-state index in [-0.39, 0.29) is 28.4 Å². The molecule has 0 unspecified atom stereocenters. The summed E-state index contributed by atoms with van der Waals surface area (Å²) in [5, 5.41) is 10.2. The van der Waals surface area contributed by atoms with Gasteiger partial charge in [-0.25, -0.2) is 4.98 Å². The normalized spacial score (nSPS) is 12.0. The van der Waals surface area contributed by atoms with E-state index in [2.05, 4.69) is 0 Å². The zero-order chi connectivity index (χ0) is 22.2. The molecule has 6 nitrogen and oxygen atoms in total. The molecule has 0 amide bonds. The largest absolute Gasteiger partial charge is 0.401 e. The molecule has 0 fully saturated rings. The van der Waals surface area contributed by atoms with Crippen molar-refractivity contribution in [1.29, 1.82) is 5.26 Å². The van der Waals surface area contributed by atoms with Crippen LogP contribution in [-0.4, -0.2) is 21.1 Å². The van der Waals surface area contributed by atoms with Crippen LogP contribution in [0.25, 0.3) is 15.9 Å². The number of nitriles is 1. The van der Waals surface area contributed by atoms with Crippen LogP contribution in [0.3, 0.4) is 0 Å². The maximum atomic E-state index is 13.5. The number of thiophene rings is 1. The number of carbonyl (C=O) groups excluding carboxylic acids is 1. The minimum atomic E-state index is -0.386. The predicted molar refractivity (Wildman–Crippen MR) is 122 cm³/mol. The first-order valence-electron chi connectivity index (χ1n) is 9.28. The number of carbonyl (C=O) groups is 1. The molecule has 2 N–H and O–H groups in total. The van der Waals surface area contributed by atoms with Crippen molar-refractivity contribution in [3.05, 3.63) is 61.4 Å². The van der Waals surface area contributed by atoms with Gasteiger partial charge in [0, 0.05) is 10.6 Å². The lowest BCUT2D eigenvalue weighted by Gasteiger charge is -2.15. The van der Waals surface area contributed by atoms with E-state index in [1.54, 1.807) is 4.57 Å². The van der Waals surface area contributed by atoms with Crippen molar-refractivity contribution in [2.45, 2.75) is 39.8 Å². The Morgan fingerprint density at radius 1 is 1.30 bits per heavy atom. The molecule has 0 saturated heterocycles. The number of nitrogens with two attached hydrogens (primary N) is 1. The maximum absolute atomic E-state index is 13.5. The van der Waals surface area contributed by atoms with Crippen LogP contribution in [-0.2, 0) is 4.79 Å². The van der Waals surface area contributed by atoms with Crippen molar-refractivity contribution in [2.75, 3.05) is 5.75 Å². The number of thioether (sulfide) groups is 1. The highest BCUT2D eigenvalue weighted by Gasteiger charge is 2.21. The van der Waals surface area contributed by atoms with Gasteiger partial charge in [0.25, 0.3) is 5.56 Å². The van der Waals surface area contributed by atoms with Gasteiger partial charge in [0.2, 0.25) is 0 Å².